The van der Waals surface area contributed by atoms with E-state index in [1.807, 2.05) is 24.3 Å². The van der Waals surface area contributed by atoms with Crippen LogP contribution in [0.15, 0.2) is 42.5 Å². The molecule has 1 aliphatic carbocycles. The number of amides is 1. The number of alkyl halides is 3. The fourth-order valence-corrected chi connectivity index (χ4v) is 3.65. The van der Waals surface area contributed by atoms with Crippen molar-refractivity contribution in [2.45, 2.75) is 19.0 Å². The molecular weight excluding hydrogens is 331 g/mol. The molecule has 1 amide bonds. The molecule has 6 heteroatoms. The lowest BCUT2D eigenvalue weighted by atomic mass is 10.0. The van der Waals surface area contributed by atoms with Gasteiger partial charge in [-0.1, -0.05) is 30.3 Å². The molecule has 2 aliphatic rings. The summed E-state index contributed by atoms with van der Waals surface area (Å²) in [7, 11) is 0. The van der Waals surface area contributed by atoms with Gasteiger partial charge in [0.05, 0.1) is 17.8 Å². The molecule has 2 aromatic rings. The van der Waals surface area contributed by atoms with Gasteiger partial charge in [-0.05, 0) is 36.1 Å². The van der Waals surface area contributed by atoms with E-state index in [-0.39, 0.29) is 36.4 Å². The first-order valence-corrected chi connectivity index (χ1v) is 8.16. The second-order valence-corrected chi connectivity index (χ2v) is 6.36. The Labute approximate surface area is 143 Å². The summed E-state index contributed by atoms with van der Waals surface area (Å²) < 4.78 is 44.9. The Morgan fingerprint density at radius 1 is 1.04 bits per heavy atom. The maximum absolute atomic E-state index is 13.2. The van der Waals surface area contributed by atoms with Crippen LogP contribution in [0.4, 0.5) is 18.9 Å². The smallest absolute Gasteiger partial charge is 0.420 e. The van der Waals surface area contributed by atoms with Gasteiger partial charge in [0.1, 0.15) is 6.61 Å². The van der Waals surface area contributed by atoms with Crippen molar-refractivity contribution in [1.82, 2.24) is 0 Å². The van der Waals surface area contributed by atoms with Crippen LogP contribution in [-0.4, -0.2) is 19.1 Å². The molecule has 130 valence electrons. The number of benzene rings is 2. The molecule has 0 atom stereocenters. The number of hydrogen-bond donors (Lipinski definition) is 0. The second-order valence-electron chi connectivity index (χ2n) is 6.36. The number of hydrogen-bond acceptors (Lipinski definition) is 2. The minimum absolute atomic E-state index is 0.0610. The van der Waals surface area contributed by atoms with Gasteiger partial charge in [-0.25, -0.2) is 0 Å². The molecule has 0 unspecified atom stereocenters. The monoisotopic (exact) mass is 347 g/mol. The van der Waals surface area contributed by atoms with Gasteiger partial charge in [0.2, 0.25) is 5.91 Å². The average molecular weight is 347 g/mol. The lowest BCUT2D eigenvalue weighted by molar-refractivity contribution is -0.139. The number of carbonyl (C=O) groups excluding carboxylic acids is 1. The Bertz CT molecular complexity index is 807. The molecule has 2 aromatic carbocycles. The van der Waals surface area contributed by atoms with E-state index in [1.54, 1.807) is 0 Å². The average Bonchev–Trinajstić information content (AvgIpc) is 3.03. The molecule has 0 spiro atoms. The quantitative estimate of drug-likeness (QED) is 0.784. The molecule has 1 heterocycles. The normalized spacial score (nSPS) is 17.0. The minimum atomic E-state index is -4.51. The van der Waals surface area contributed by atoms with E-state index in [4.69, 9.17) is 4.74 Å². The van der Waals surface area contributed by atoms with E-state index in [9.17, 15) is 18.0 Å². The second kappa shape index (κ2) is 5.79. The van der Waals surface area contributed by atoms with Crippen LogP contribution in [0.25, 0.3) is 0 Å². The van der Waals surface area contributed by atoms with Gasteiger partial charge in [0.15, 0.2) is 5.75 Å². The summed E-state index contributed by atoms with van der Waals surface area (Å²) in [4.78, 5) is 14.4. The van der Waals surface area contributed by atoms with Crippen molar-refractivity contribution in [3.8, 4) is 5.75 Å². The van der Waals surface area contributed by atoms with Crippen molar-refractivity contribution in [3.63, 3.8) is 0 Å². The number of nitrogens with zero attached hydrogens (tertiary/aromatic N) is 1. The van der Waals surface area contributed by atoms with Gasteiger partial charge in [-0.15, -0.1) is 0 Å². The molecule has 25 heavy (non-hydrogen) atoms. The molecule has 4 rings (SSSR count). The lowest BCUT2D eigenvalue weighted by Gasteiger charge is -2.32. The summed E-state index contributed by atoms with van der Waals surface area (Å²) in [5.41, 5.74) is 1.65. The number of carbonyl (C=O) groups is 1. The van der Waals surface area contributed by atoms with E-state index in [0.29, 0.717) is 12.8 Å². The first-order chi connectivity index (χ1) is 11.9. The third-order valence-corrected chi connectivity index (χ3v) is 4.82. The predicted octanol–water partition coefficient (Wildman–Crippen LogP) is 3.85. The number of anilines is 1. The summed E-state index contributed by atoms with van der Waals surface area (Å²) in [6.45, 7) is 0.325. The highest BCUT2D eigenvalue weighted by Gasteiger charge is 2.39. The fraction of sp³-hybridized carbons (Fsp3) is 0.316. The summed E-state index contributed by atoms with van der Waals surface area (Å²) >= 11 is 0. The highest BCUT2D eigenvalue weighted by molar-refractivity contribution is 5.97. The van der Waals surface area contributed by atoms with Crippen LogP contribution in [0.3, 0.4) is 0 Å². The van der Waals surface area contributed by atoms with Crippen molar-refractivity contribution < 1.29 is 22.7 Å². The number of rotatable bonds is 1. The molecular formula is C19H16F3NO2. The topological polar surface area (TPSA) is 29.5 Å². The Balaban J connectivity index is 1.65. The van der Waals surface area contributed by atoms with E-state index in [2.05, 4.69) is 0 Å². The maximum Gasteiger partial charge on any atom is 0.420 e. The number of ether oxygens (including phenoxy) is 1. The van der Waals surface area contributed by atoms with Crippen LogP contribution in [0.1, 0.15) is 16.7 Å². The fourth-order valence-electron chi connectivity index (χ4n) is 3.65. The van der Waals surface area contributed by atoms with Crippen LogP contribution in [-0.2, 0) is 23.8 Å². The first-order valence-electron chi connectivity index (χ1n) is 8.16. The molecule has 0 bridgehead atoms. The summed E-state index contributed by atoms with van der Waals surface area (Å²) in [6, 6.07) is 11.7. The SMILES string of the molecule is O=C(C1Cc2ccccc2C1)N1CCOc2c1cccc2C(F)(F)F. The zero-order valence-electron chi connectivity index (χ0n) is 13.3. The van der Waals surface area contributed by atoms with E-state index in [1.165, 1.54) is 17.0 Å². The predicted molar refractivity (Wildman–Crippen MR) is 86.6 cm³/mol. The van der Waals surface area contributed by atoms with E-state index in [0.717, 1.165) is 17.2 Å². The highest BCUT2D eigenvalue weighted by Crippen LogP contribution is 2.44. The molecule has 0 aromatic heterocycles. The van der Waals surface area contributed by atoms with E-state index < -0.39 is 11.7 Å². The van der Waals surface area contributed by atoms with Crippen LogP contribution < -0.4 is 9.64 Å². The standard InChI is InChI=1S/C19H16F3NO2/c20-19(21,22)15-6-3-7-16-17(15)25-9-8-23(16)18(24)14-10-12-4-1-2-5-13(12)11-14/h1-7,14H,8-11H2. The summed E-state index contributed by atoms with van der Waals surface area (Å²) in [5, 5.41) is 0. The first kappa shape index (κ1) is 16.0. The Morgan fingerprint density at radius 3 is 2.36 bits per heavy atom. The van der Waals surface area contributed by atoms with Gasteiger partial charge in [0, 0.05) is 5.92 Å². The third-order valence-electron chi connectivity index (χ3n) is 4.82. The van der Waals surface area contributed by atoms with Gasteiger partial charge >= 0.3 is 6.18 Å². The van der Waals surface area contributed by atoms with Crippen molar-refractivity contribution in [2.24, 2.45) is 5.92 Å². The van der Waals surface area contributed by atoms with Gasteiger partial charge in [-0.3, -0.25) is 4.79 Å². The molecule has 0 fully saturated rings. The Morgan fingerprint density at radius 2 is 1.72 bits per heavy atom. The van der Waals surface area contributed by atoms with Crippen LogP contribution in [0, 0.1) is 5.92 Å². The number of para-hydroxylation sites is 1. The number of fused-ring (bicyclic) bond motifs is 2. The number of halogens is 3. The van der Waals surface area contributed by atoms with Gasteiger partial charge < -0.3 is 9.64 Å². The third kappa shape index (κ3) is 2.75. The summed E-state index contributed by atoms with van der Waals surface area (Å²) in [5.74, 6) is -0.622. The Kier molecular flexibility index (Phi) is 3.71. The van der Waals surface area contributed by atoms with Gasteiger partial charge in [-0.2, -0.15) is 13.2 Å². The Hall–Kier alpha value is -2.50. The highest BCUT2D eigenvalue weighted by atomic mass is 19.4. The maximum atomic E-state index is 13.2. The van der Waals surface area contributed by atoms with Crippen molar-refractivity contribution >= 4 is 11.6 Å². The zero-order chi connectivity index (χ0) is 17.6. The van der Waals surface area contributed by atoms with Gasteiger partial charge in [0.25, 0.3) is 0 Å². The largest absolute Gasteiger partial charge is 0.489 e. The van der Waals surface area contributed by atoms with Crippen molar-refractivity contribution in [2.75, 3.05) is 18.1 Å². The van der Waals surface area contributed by atoms with Crippen molar-refractivity contribution in [1.29, 1.82) is 0 Å². The molecule has 0 N–H and O–H groups in total. The zero-order valence-corrected chi connectivity index (χ0v) is 13.3. The molecule has 3 nitrogen and oxygen atoms in total. The summed E-state index contributed by atoms with van der Waals surface area (Å²) in [6.07, 6.45) is -3.26. The molecule has 0 radical (unpaired) electrons. The van der Waals surface area contributed by atoms with E-state index >= 15 is 0 Å². The molecule has 1 aliphatic heterocycles. The van der Waals surface area contributed by atoms with Crippen LogP contribution in [0.5, 0.6) is 5.75 Å². The molecule has 0 saturated heterocycles. The lowest BCUT2D eigenvalue weighted by Crippen LogP contribution is -2.42. The molecule has 0 saturated carbocycles. The van der Waals surface area contributed by atoms with Crippen molar-refractivity contribution in [3.05, 3.63) is 59.2 Å². The van der Waals surface area contributed by atoms with Crippen LogP contribution >= 0.6 is 0 Å². The minimum Gasteiger partial charge on any atom is -0.489 e. The van der Waals surface area contributed by atoms with Crippen LogP contribution in [0.2, 0.25) is 0 Å².